The Labute approximate surface area is 99.5 Å². The van der Waals surface area contributed by atoms with Crippen LogP contribution in [0.3, 0.4) is 0 Å². The lowest BCUT2D eigenvalue weighted by molar-refractivity contribution is -0.126. The van der Waals surface area contributed by atoms with Crippen LogP contribution in [0.5, 0.6) is 0 Å². The number of carbonyl (C=O) groups excluding carboxylic acids is 1. The zero-order valence-electron chi connectivity index (χ0n) is 10.7. The maximum Gasteiger partial charge on any atom is 0.328 e. The van der Waals surface area contributed by atoms with Crippen molar-refractivity contribution in [1.82, 2.24) is 9.55 Å². The van der Waals surface area contributed by atoms with Crippen LogP contribution in [0, 0.1) is 5.41 Å². The van der Waals surface area contributed by atoms with Crippen LogP contribution < -0.4 is 11.2 Å². The lowest BCUT2D eigenvalue weighted by Gasteiger charge is -2.17. The van der Waals surface area contributed by atoms with Gasteiger partial charge in [0.1, 0.15) is 0 Å². The zero-order valence-corrected chi connectivity index (χ0v) is 10.7. The SMILES string of the molecule is CCc1cn(CC(=O)C(C)(C)C)c(=O)[nH]c1=O. The first kappa shape index (κ1) is 13.4. The summed E-state index contributed by atoms with van der Waals surface area (Å²) in [6, 6.07) is 0. The highest BCUT2D eigenvalue weighted by Crippen LogP contribution is 2.14. The largest absolute Gasteiger partial charge is 0.328 e. The Kier molecular flexibility index (Phi) is 3.70. The average Bonchev–Trinajstić information content (AvgIpc) is 2.20. The van der Waals surface area contributed by atoms with Gasteiger partial charge in [-0.05, 0) is 6.42 Å². The highest BCUT2D eigenvalue weighted by atomic mass is 16.2. The number of nitrogens with one attached hydrogen (secondary N) is 1. The van der Waals surface area contributed by atoms with Gasteiger partial charge in [-0.25, -0.2) is 4.79 Å². The van der Waals surface area contributed by atoms with Crippen LogP contribution in [0.15, 0.2) is 15.8 Å². The smallest absolute Gasteiger partial charge is 0.297 e. The summed E-state index contributed by atoms with van der Waals surface area (Å²) in [5.41, 5.74) is -0.907. The van der Waals surface area contributed by atoms with E-state index in [0.717, 1.165) is 0 Å². The molecule has 1 rings (SSSR count). The van der Waals surface area contributed by atoms with Gasteiger partial charge in [0.2, 0.25) is 0 Å². The first-order valence-electron chi connectivity index (χ1n) is 5.61. The van der Waals surface area contributed by atoms with Crippen molar-refractivity contribution in [2.45, 2.75) is 40.7 Å². The molecule has 5 heteroatoms. The first-order valence-corrected chi connectivity index (χ1v) is 5.61. The average molecular weight is 238 g/mol. The predicted octanol–water partition coefficient (Wildman–Crippen LogP) is 0.714. The minimum Gasteiger partial charge on any atom is -0.297 e. The number of aryl methyl sites for hydroxylation is 1. The fourth-order valence-corrected chi connectivity index (χ4v) is 1.32. The van der Waals surface area contributed by atoms with Gasteiger partial charge in [-0.3, -0.25) is 19.1 Å². The molecule has 0 bridgehead atoms. The summed E-state index contributed by atoms with van der Waals surface area (Å²) in [4.78, 5) is 36.9. The van der Waals surface area contributed by atoms with E-state index in [1.807, 2.05) is 6.92 Å². The molecule has 5 nitrogen and oxygen atoms in total. The van der Waals surface area contributed by atoms with Gasteiger partial charge in [0, 0.05) is 17.2 Å². The Balaban J connectivity index is 3.12. The molecule has 1 heterocycles. The highest BCUT2D eigenvalue weighted by molar-refractivity contribution is 5.83. The quantitative estimate of drug-likeness (QED) is 0.843. The topological polar surface area (TPSA) is 71.9 Å². The van der Waals surface area contributed by atoms with Crippen LogP contribution in [-0.2, 0) is 17.8 Å². The molecule has 0 aliphatic heterocycles. The van der Waals surface area contributed by atoms with Crippen molar-refractivity contribution in [3.8, 4) is 0 Å². The first-order chi connectivity index (χ1) is 7.75. The number of carbonyl (C=O) groups is 1. The highest BCUT2D eigenvalue weighted by Gasteiger charge is 2.21. The summed E-state index contributed by atoms with van der Waals surface area (Å²) in [5, 5.41) is 0. The Morgan fingerprint density at radius 1 is 1.35 bits per heavy atom. The fourth-order valence-electron chi connectivity index (χ4n) is 1.32. The van der Waals surface area contributed by atoms with Crippen molar-refractivity contribution >= 4 is 5.78 Å². The zero-order chi connectivity index (χ0) is 13.2. The number of ketones is 1. The van der Waals surface area contributed by atoms with Crippen molar-refractivity contribution in [2.75, 3.05) is 0 Å². The normalized spacial score (nSPS) is 11.5. The number of nitrogens with zero attached hydrogens (tertiary/aromatic N) is 1. The molecule has 0 saturated heterocycles. The second-order valence-corrected chi connectivity index (χ2v) is 5.07. The van der Waals surface area contributed by atoms with E-state index in [4.69, 9.17) is 0 Å². The van der Waals surface area contributed by atoms with Crippen molar-refractivity contribution in [3.63, 3.8) is 0 Å². The number of aromatic nitrogens is 2. The van der Waals surface area contributed by atoms with Gasteiger partial charge in [0.15, 0.2) is 5.78 Å². The molecule has 0 fully saturated rings. The van der Waals surface area contributed by atoms with Gasteiger partial charge in [-0.15, -0.1) is 0 Å². The minimum absolute atomic E-state index is 0.00782. The van der Waals surface area contributed by atoms with Gasteiger partial charge in [-0.2, -0.15) is 0 Å². The van der Waals surface area contributed by atoms with Crippen molar-refractivity contribution in [2.24, 2.45) is 5.41 Å². The molecule has 0 amide bonds. The summed E-state index contributed by atoms with van der Waals surface area (Å²) < 4.78 is 1.26. The second-order valence-electron chi connectivity index (χ2n) is 5.07. The van der Waals surface area contributed by atoms with Gasteiger partial charge < -0.3 is 0 Å². The monoisotopic (exact) mass is 238 g/mol. The predicted molar refractivity (Wildman–Crippen MR) is 65.2 cm³/mol. The Bertz CT molecular complexity index is 532. The summed E-state index contributed by atoms with van der Waals surface area (Å²) in [5.74, 6) is -0.0475. The van der Waals surface area contributed by atoms with E-state index in [-0.39, 0.29) is 17.9 Å². The molecule has 0 aromatic carbocycles. The van der Waals surface area contributed by atoms with Crippen LogP contribution in [0.4, 0.5) is 0 Å². The molecule has 0 aliphatic rings. The van der Waals surface area contributed by atoms with Crippen LogP contribution in [0.2, 0.25) is 0 Å². The molecule has 94 valence electrons. The molecule has 0 unspecified atom stereocenters. The van der Waals surface area contributed by atoms with Crippen LogP contribution in [-0.4, -0.2) is 15.3 Å². The molecule has 0 radical (unpaired) electrons. The number of aromatic amines is 1. The molecule has 0 aliphatic carbocycles. The molecule has 0 saturated carbocycles. The Hall–Kier alpha value is -1.65. The molecular formula is C12H18N2O3. The molecule has 1 aromatic heterocycles. The van der Waals surface area contributed by atoms with Gasteiger partial charge in [0.05, 0.1) is 6.54 Å². The lowest BCUT2D eigenvalue weighted by atomic mass is 9.91. The second kappa shape index (κ2) is 4.69. The van der Waals surface area contributed by atoms with E-state index in [1.54, 1.807) is 20.8 Å². The van der Waals surface area contributed by atoms with E-state index in [9.17, 15) is 14.4 Å². The van der Waals surface area contributed by atoms with E-state index < -0.39 is 11.1 Å². The van der Waals surface area contributed by atoms with Crippen molar-refractivity contribution < 1.29 is 4.79 Å². The number of hydrogen-bond acceptors (Lipinski definition) is 3. The van der Waals surface area contributed by atoms with E-state index in [1.165, 1.54) is 10.8 Å². The van der Waals surface area contributed by atoms with E-state index in [0.29, 0.717) is 12.0 Å². The molecule has 0 atom stereocenters. The van der Waals surface area contributed by atoms with Crippen molar-refractivity contribution in [1.29, 1.82) is 0 Å². The third-order valence-corrected chi connectivity index (χ3v) is 2.62. The summed E-state index contributed by atoms with van der Waals surface area (Å²) in [7, 11) is 0. The van der Waals surface area contributed by atoms with Crippen molar-refractivity contribution in [3.05, 3.63) is 32.6 Å². The van der Waals surface area contributed by atoms with E-state index >= 15 is 0 Å². The number of rotatable bonds is 3. The summed E-state index contributed by atoms with van der Waals surface area (Å²) in [6.45, 7) is 7.21. The van der Waals surface area contributed by atoms with E-state index in [2.05, 4.69) is 4.98 Å². The molecule has 1 N–H and O–H groups in total. The fraction of sp³-hybridized carbons (Fsp3) is 0.583. The van der Waals surface area contributed by atoms with Crippen LogP contribution in [0.1, 0.15) is 33.3 Å². The standard InChI is InChI=1S/C12H18N2O3/c1-5-8-6-14(11(17)13-10(8)16)7-9(15)12(2,3)4/h6H,5,7H2,1-4H3,(H,13,16,17). The third kappa shape index (κ3) is 3.15. The van der Waals surface area contributed by atoms with Crippen LogP contribution in [0.25, 0.3) is 0 Å². The van der Waals surface area contributed by atoms with Gasteiger partial charge in [-0.1, -0.05) is 27.7 Å². The number of H-pyrrole nitrogens is 1. The molecule has 0 spiro atoms. The molecule has 1 aromatic rings. The molecular weight excluding hydrogens is 220 g/mol. The summed E-state index contributed by atoms with van der Waals surface area (Å²) >= 11 is 0. The molecule has 17 heavy (non-hydrogen) atoms. The van der Waals surface area contributed by atoms with Gasteiger partial charge >= 0.3 is 5.69 Å². The minimum atomic E-state index is -0.537. The number of hydrogen-bond donors (Lipinski definition) is 1. The number of Topliss-reactive ketones (excluding diaryl/α,β-unsaturated/α-hetero) is 1. The lowest BCUT2D eigenvalue weighted by Crippen LogP contribution is -2.36. The third-order valence-electron chi connectivity index (χ3n) is 2.62. The Morgan fingerprint density at radius 3 is 2.41 bits per heavy atom. The summed E-state index contributed by atoms with van der Waals surface area (Å²) in [6.07, 6.45) is 1.99. The maximum atomic E-state index is 11.8. The van der Waals surface area contributed by atoms with Crippen LogP contribution >= 0.6 is 0 Å². The Morgan fingerprint density at radius 2 is 1.94 bits per heavy atom. The van der Waals surface area contributed by atoms with Gasteiger partial charge in [0.25, 0.3) is 5.56 Å². The maximum absolute atomic E-state index is 11.8.